The van der Waals surface area contributed by atoms with Crippen LogP contribution in [0.2, 0.25) is 5.02 Å². The van der Waals surface area contributed by atoms with Gasteiger partial charge in [0.2, 0.25) is 10.0 Å². The Labute approximate surface area is 140 Å². The van der Waals surface area contributed by atoms with Crippen LogP contribution in [-0.2, 0) is 10.0 Å². The first-order valence-electron chi connectivity index (χ1n) is 6.82. The summed E-state index contributed by atoms with van der Waals surface area (Å²) in [5, 5.41) is 3.32. The molecule has 0 spiro atoms. The van der Waals surface area contributed by atoms with E-state index in [0.717, 1.165) is 11.8 Å². The molecule has 0 unspecified atom stereocenters. The van der Waals surface area contributed by atoms with E-state index in [1.807, 2.05) is 13.0 Å². The number of hydrogen-bond acceptors (Lipinski definition) is 3. The first-order valence-corrected chi connectivity index (χ1v) is 9.09. The number of benzene rings is 2. The Morgan fingerprint density at radius 3 is 2.43 bits per heavy atom. The molecule has 23 heavy (non-hydrogen) atoms. The number of anilines is 2. The fourth-order valence-corrected chi connectivity index (χ4v) is 2.90. The molecule has 0 aliphatic heterocycles. The van der Waals surface area contributed by atoms with Gasteiger partial charge in [-0.2, -0.15) is 0 Å². The van der Waals surface area contributed by atoms with Crippen LogP contribution >= 0.6 is 11.6 Å². The topological polar surface area (TPSA) is 75.3 Å². The fraction of sp³-hybridized carbons (Fsp3) is 0.188. The molecule has 2 rings (SSSR count). The monoisotopic (exact) mass is 352 g/mol. The van der Waals surface area contributed by atoms with Crippen molar-refractivity contribution in [2.45, 2.75) is 13.8 Å². The molecule has 0 aliphatic carbocycles. The third-order valence-corrected chi connectivity index (χ3v) is 4.15. The molecule has 5 nitrogen and oxygen atoms in total. The Balaban J connectivity index is 2.33. The van der Waals surface area contributed by atoms with Crippen LogP contribution < -0.4 is 10.0 Å². The summed E-state index contributed by atoms with van der Waals surface area (Å²) >= 11 is 5.95. The first kappa shape index (κ1) is 17.3. The first-order chi connectivity index (χ1) is 10.7. The van der Waals surface area contributed by atoms with Crippen molar-refractivity contribution in [3.63, 3.8) is 0 Å². The summed E-state index contributed by atoms with van der Waals surface area (Å²) in [7, 11) is -3.41. The molecule has 2 N–H and O–H groups in total. The van der Waals surface area contributed by atoms with E-state index in [1.165, 1.54) is 0 Å². The predicted molar refractivity (Wildman–Crippen MR) is 93.8 cm³/mol. The van der Waals surface area contributed by atoms with Gasteiger partial charge in [-0.3, -0.25) is 9.52 Å². The molecule has 0 aliphatic rings. The van der Waals surface area contributed by atoms with Crippen molar-refractivity contribution in [3.05, 3.63) is 58.1 Å². The summed E-state index contributed by atoms with van der Waals surface area (Å²) in [6, 6.07) is 10.1. The SMILES string of the molecule is Cc1ccc(Cl)cc1NC(=O)c1cccc(NS(C)(=O)=O)c1C. The van der Waals surface area contributed by atoms with Crippen LogP contribution in [0.25, 0.3) is 0 Å². The van der Waals surface area contributed by atoms with Crippen LogP contribution in [0.1, 0.15) is 21.5 Å². The van der Waals surface area contributed by atoms with Crippen molar-refractivity contribution in [3.8, 4) is 0 Å². The summed E-state index contributed by atoms with van der Waals surface area (Å²) in [5.41, 5.74) is 2.81. The second-order valence-corrected chi connectivity index (χ2v) is 7.45. The number of rotatable bonds is 4. The molecule has 7 heteroatoms. The van der Waals surface area contributed by atoms with Gasteiger partial charge in [0, 0.05) is 16.3 Å². The van der Waals surface area contributed by atoms with E-state index in [0.29, 0.717) is 27.5 Å². The zero-order valence-electron chi connectivity index (χ0n) is 13.0. The largest absolute Gasteiger partial charge is 0.322 e. The Morgan fingerprint density at radius 2 is 1.78 bits per heavy atom. The van der Waals surface area contributed by atoms with Crippen molar-refractivity contribution in [1.82, 2.24) is 0 Å². The second-order valence-electron chi connectivity index (χ2n) is 5.27. The smallest absolute Gasteiger partial charge is 0.256 e. The number of carbonyl (C=O) groups is 1. The minimum atomic E-state index is -3.41. The summed E-state index contributed by atoms with van der Waals surface area (Å²) in [6.45, 7) is 3.55. The number of amides is 1. The number of nitrogens with one attached hydrogen (secondary N) is 2. The molecule has 0 bridgehead atoms. The van der Waals surface area contributed by atoms with Crippen LogP contribution in [0.5, 0.6) is 0 Å². The molecule has 0 fully saturated rings. The van der Waals surface area contributed by atoms with Crippen LogP contribution in [-0.4, -0.2) is 20.6 Å². The average molecular weight is 353 g/mol. The van der Waals surface area contributed by atoms with Gasteiger partial charge in [0.05, 0.1) is 11.9 Å². The Kier molecular flexibility index (Phi) is 4.97. The lowest BCUT2D eigenvalue weighted by molar-refractivity contribution is 0.102. The average Bonchev–Trinajstić information content (AvgIpc) is 2.43. The molecule has 0 atom stereocenters. The van der Waals surface area contributed by atoms with E-state index in [9.17, 15) is 13.2 Å². The standard InChI is InChI=1S/C16H17ClN2O3S/c1-10-7-8-12(17)9-15(10)18-16(20)13-5-4-6-14(11(13)2)19-23(3,21)22/h4-9,19H,1-3H3,(H,18,20). The number of aryl methyl sites for hydroxylation is 1. The number of carbonyl (C=O) groups excluding carboxylic acids is 1. The highest BCUT2D eigenvalue weighted by molar-refractivity contribution is 7.92. The van der Waals surface area contributed by atoms with Crippen LogP contribution in [0.4, 0.5) is 11.4 Å². The van der Waals surface area contributed by atoms with Gasteiger partial charge < -0.3 is 5.32 Å². The quantitative estimate of drug-likeness (QED) is 0.883. The molecular formula is C16H17ClN2O3S. The van der Waals surface area contributed by atoms with Gasteiger partial charge in [0.15, 0.2) is 0 Å². The van der Waals surface area contributed by atoms with Crippen molar-refractivity contribution < 1.29 is 13.2 Å². The number of hydrogen-bond donors (Lipinski definition) is 2. The predicted octanol–water partition coefficient (Wildman–Crippen LogP) is 3.58. The minimum Gasteiger partial charge on any atom is -0.322 e. The van der Waals surface area contributed by atoms with Crippen LogP contribution in [0, 0.1) is 13.8 Å². The molecule has 0 aromatic heterocycles. The van der Waals surface area contributed by atoms with Crippen molar-refractivity contribution in [2.75, 3.05) is 16.3 Å². The summed E-state index contributed by atoms with van der Waals surface area (Å²) in [5.74, 6) is -0.329. The van der Waals surface area contributed by atoms with Gasteiger partial charge in [0.25, 0.3) is 5.91 Å². The molecule has 2 aromatic rings. The van der Waals surface area contributed by atoms with Crippen molar-refractivity contribution in [2.24, 2.45) is 0 Å². The maximum Gasteiger partial charge on any atom is 0.256 e. The molecular weight excluding hydrogens is 336 g/mol. The molecule has 1 amide bonds. The highest BCUT2D eigenvalue weighted by Crippen LogP contribution is 2.24. The lowest BCUT2D eigenvalue weighted by Gasteiger charge is -2.13. The van der Waals surface area contributed by atoms with Gasteiger partial charge in [-0.25, -0.2) is 8.42 Å². The number of sulfonamides is 1. The Morgan fingerprint density at radius 1 is 1.09 bits per heavy atom. The van der Waals surface area contributed by atoms with E-state index in [1.54, 1.807) is 37.3 Å². The highest BCUT2D eigenvalue weighted by atomic mass is 35.5. The third-order valence-electron chi connectivity index (χ3n) is 3.32. The van der Waals surface area contributed by atoms with Gasteiger partial charge in [-0.05, 0) is 49.2 Å². The summed E-state index contributed by atoms with van der Waals surface area (Å²) < 4.78 is 25.2. The number of halogens is 1. The molecule has 122 valence electrons. The highest BCUT2D eigenvalue weighted by Gasteiger charge is 2.14. The van der Waals surface area contributed by atoms with Crippen molar-refractivity contribution >= 4 is 38.9 Å². The Bertz CT molecular complexity index is 864. The van der Waals surface area contributed by atoms with Crippen LogP contribution in [0.15, 0.2) is 36.4 Å². The van der Waals surface area contributed by atoms with E-state index in [-0.39, 0.29) is 5.91 Å². The van der Waals surface area contributed by atoms with E-state index in [4.69, 9.17) is 11.6 Å². The summed E-state index contributed by atoms with van der Waals surface area (Å²) in [4.78, 5) is 12.5. The van der Waals surface area contributed by atoms with E-state index < -0.39 is 10.0 Å². The van der Waals surface area contributed by atoms with Gasteiger partial charge in [-0.15, -0.1) is 0 Å². The summed E-state index contributed by atoms with van der Waals surface area (Å²) in [6.07, 6.45) is 1.06. The second kappa shape index (κ2) is 6.60. The third kappa shape index (κ3) is 4.46. The minimum absolute atomic E-state index is 0.329. The van der Waals surface area contributed by atoms with Crippen LogP contribution in [0.3, 0.4) is 0 Å². The normalized spacial score (nSPS) is 11.1. The Hall–Kier alpha value is -2.05. The molecule has 0 saturated heterocycles. The molecule has 0 radical (unpaired) electrons. The maximum atomic E-state index is 12.5. The molecule has 0 saturated carbocycles. The van der Waals surface area contributed by atoms with Gasteiger partial charge in [0.1, 0.15) is 0 Å². The van der Waals surface area contributed by atoms with Gasteiger partial charge in [-0.1, -0.05) is 23.7 Å². The maximum absolute atomic E-state index is 12.5. The fourth-order valence-electron chi connectivity index (χ4n) is 2.11. The van der Waals surface area contributed by atoms with E-state index in [2.05, 4.69) is 10.0 Å². The molecule has 2 aromatic carbocycles. The van der Waals surface area contributed by atoms with Crippen molar-refractivity contribution in [1.29, 1.82) is 0 Å². The van der Waals surface area contributed by atoms with Gasteiger partial charge >= 0.3 is 0 Å². The lowest BCUT2D eigenvalue weighted by atomic mass is 10.1. The zero-order valence-corrected chi connectivity index (χ0v) is 14.5. The van der Waals surface area contributed by atoms with E-state index >= 15 is 0 Å². The zero-order chi connectivity index (χ0) is 17.2. The molecule has 0 heterocycles. The lowest BCUT2D eigenvalue weighted by Crippen LogP contribution is -2.16.